The van der Waals surface area contributed by atoms with Crippen LogP contribution in [0.2, 0.25) is 0 Å². The molecule has 0 aliphatic rings. The van der Waals surface area contributed by atoms with E-state index in [0.29, 0.717) is 5.95 Å². The van der Waals surface area contributed by atoms with Crippen LogP contribution in [0.1, 0.15) is 11.1 Å². The van der Waals surface area contributed by atoms with E-state index in [1.165, 1.54) is 11.1 Å². The maximum Gasteiger partial charge on any atom is 0.292 e. The third kappa shape index (κ3) is 1.87. The molecule has 1 aromatic heterocycles. The Balaban J connectivity index is 2.57. The summed E-state index contributed by atoms with van der Waals surface area (Å²) in [6.07, 6.45) is 1.64. The molecular weight excluding hydrogens is 268 g/mol. The lowest BCUT2D eigenvalue weighted by Gasteiger charge is -2.07. The fourth-order valence-corrected chi connectivity index (χ4v) is 2.00. The number of methoxy groups -OCH3 is 1. The van der Waals surface area contributed by atoms with Gasteiger partial charge in [0.05, 0.1) is 18.9 Å². The van der Waals surface area contributed by atoms with Gasteiger partial charge in [0.2, 0.25) is 0 Å². The minimum absolute atomic E-state index is 0.557. The Labute approximate surface area is 103 Å². The number of aryl methyl sites for hydroxylation is 2. The second-order valence-corrected chi connectivity index (χ2v) is 4.54. The molecule has 3 heteroatoms. The Bertz CT molecular complexity index is 491. The van der Waals surface area contributed by atoms with Gasteiger partial charge in [0.1, 0.15) is 0 Å². The van der Waals surface area contributed by atoms with Crippen molar-refractivity contribution < 1.29 is 9.15 Å². The summed E-state index contributed by atoms with van der Waals surface area (Å²) in [6, 6.07) is 6.15. The molecule has 0 spiro atoms. The van der Waals surface area contributed by atoms with Crippen molar-refractivity contribution in [3.63, 3.8) is 0 Å². The standard InChI is InChI=1S/C13H13BrO2/c1-8-6-10(7-9(2)12(8)14)11-4-5-16-13(11)15-3/h4-7H,1-3H3. The first kappa shape index (κ1) is 11.3. The number of furan rings is 1. The molecule has 1 aromatic carbocycles. The highest BCUT2D eigenvalue weighted by Crippen LogP contribution is 2.34. The summed E-state index contributed by atoms with van der Waals surface area (Å²) < 4.78 is 11.6. The predicted molar refractivity (Wildman–Crippen MR) is 67.9 cm³/mol. The minimum atomic E-state index is 0.557. The lowest BCUT2D eigenvalue weighted by molar-refractivity contribution is 0.306. The van der Waals surface area contributed by atoms with E-state index in [1.807, 2.05) is 6.07 Å². The molecule has 0 N–H and O–H groups in total. The molecule has 2 aromatic rings. The van der Waals surface area contributed by atoms with Crippen LogP contribution in [0.15, 0.2) is 33.4 Å². The van der Waals surface area contributed by atoms with Gasteiger partial charge in [-0.15, -0.1) is 0 Å². The van der Waals surface area contributed by atoms with Crippen molar-refractivity contribution in [1.82, 2.24) is 0 Å². The van der Waals surface area contributed by atoms with Crippen molar-refractivity contribution in [3.8, 4) is 17.1 Å². The average molecular weight is 281 g/mol. The largest absolute Gasteiger partial charge is 0.468 e. The van der Waals surface area contributed by atoms with E-state index in [1.54, 1.807) is 13.4 Å². The number of ether oxygens (including phenoxy) is 1. The van der Waals surface area contributed by atoms with E-state index in [0.717, 1.165) is 15.6 Å². The summed E-state index contributed by atoms with van der Waals surface area (Å²) in [4.78, 5) is 0. The van der Waals surface area contributed by atoms with Crippen molar-refractivity contribution in [2.24, 2.45) is 0 Å². The molecule has 0 fully saturated rings. The Morgan fingerprint density at radius 2 is 1.81 bits per heavy atom. The summed E-state index contributed by atoms with van der Waals surface area (Å²) in [5.41, 5.74) is 4.52. The van der Waals surface area contributed by atoms with E-state index in [9.17, 15) is 0 Å². The molecule has 0 saturated heterocycles. The molecule has 0 saturated carbocycles. The molecule has 0 unspecified atom stereocenters. The van der Waals surface area contributed by atoms with Crippen molar-refractivity contribution in [2.45, 2.75) is 13.8 Å². The zero-order valence-electron chi connectivity index (χ0n) is 9.50. The third-order valence-electron chi connectivity index (χ3n) is 2.56. The van der Waals surface area contributed by atoms with Gasteiger partial charge in [-0.3, -0.25) is 0 Å². The summed E-state index contributed by atoms with van der Waals surface area (Å²) in [5, 5.41) is 0. The van der Waals surface area contributed by atoms with Crippen molar-refractivity contribution in [2.75, 3.05) is 7.11 Å². The first-order valence-corrected chi connectivity index (χ1v) is 5.81. The Kier molecular flexibility index (Phi) is 3.06. The van der Waals surface area contributed by atoms with Crippen molar-refractivity contribution in [3.05, 3.63) is 40.1 Å². The third-order valence-corrected chi connectivity index (χ3v) is 3.81. The molecule has 1 heterocycles. The monoisotopic (exact) mass is 280 g/mol. The van der Waals surface area contributed by atoms with Gasteiger partial charge in [-0.25, -0.2) is 0 Å². The molecule has 0 radical (unpaired) electrons. The van der Waals surface area contributed by atoms with Gasteiger partial charge in [-0.1, -0.05) is 28.1 Å². The zero-order chi connectivity index (χ0) is 11.7. The van der Waals surface area contributed by atoms with Crippen LogP contribution in [0.4, 0.5) is 0 Å². The van der Waals surface area contributed by atoms with Crippen LogP contribution < -0.4 is 4.74 Å². The molecule has 0 aliphatic heterocycles. The highest BCUT2D eigenvalue weighted by molar-refractivity contribution is 9.10. The first-order valence-electron chi connectivity index (χ1n) is 5.02. The van der Waals surface area contributed by atoms with E-state index >= 15 is 0 Å². The summed E-state index contributed by atoms with van der Waals surface area (Å²) >= 11 is 3.56. The second-order valence-electron chi connectivity index (χ2n) is 3.75. The van der Waals surface area contributed by atoms with Crippen LogP contribution in [0.5, 0.6) is 5.95 Å². The van der Waals surface area contributed by atoms with Crippen LogP contribution >= 0.6 is 15.9 Å². The van der Waals surface area contributed by atoms with Crippen LogP contribution in [0, 0.1) is 13.8 Å². The maximum atomic E-state index is 5.24. The van der Waals surface area contributed by atoms with E-state index in [2.05, 4.69) is 41.9 Å². The number of halogens is 1. The Morgan fingerprint density at radius 1 is 1.19 bits per heavy atom. The number of hydrogen-bond acceptors (Lipinski definition) is 2. The molecule has 2 nitrogen and oxygen atoms in total. The van der Waals surface area contributed by atoms with Crippen LogP contribution in [-0.4, -0.2) is 7.11 Å². The summed E-state index contributed by atoms with van der Waals surface area (Å²) in [6.45, 7) is 4.15. The van der Waals surface area contributed by atoms with Crippen LogP contribution in [-0.2, 0) is 0 Å². The van der Waals surface area contributed by atoms with Gasteiger partial charge in [0, 0.05) is 4.47 Å². The molecule has 2 rings (SSSR count). The van der Waals surface area contributed by atoms with Gasteiger partial charge in [-0.2, -0.15) is 0 Å². The summed E-state index contributed by atoms with van der Waals surface area (Å²) in [7, 11) is 1.61. The number of rotatable bonds is 2. The average Bonchev–Trinajstić information content (AvgIpc) is 2.73. The maximum absolute atomic E-state index is 5.24. The zero-order valence-corrected chi connectivity index (χ0v) is 11.1. The van der Waals surface area contributed by atoms with Crippen LogP contribution in [0.25, 0.3) is 11.1 Å². The highest BCUT2D eigenvalue weighted by Gasteiger charge is 2.11. The van der Waals surface area contributed by atoms with Crippen molar-refractivity contribution in [1.29, 1.82) is 0 Å². The van der Waals surface area contributed by atoms with E-state index < -0.39 is 0 Å². The molecule has 0 aliphatic carbocycles. The lowest BCUT2D eigenvalue weighted by atomic mass is 10.0. The first-order chi connectivity index (χ1) is 7.63. The second kappa shape index (κ2) is 4.34. The molecule has 0 atom stereocenters. The van der Waals surface area contributed by atoms with Gasteiger partial charge >= 0.3 is 0 Å². The van der Waals surface area contributed by atoms with Gasteiger partial charge in [0.25, 0.3) is 5.95 Å². The lowest BCUT2D eigenvalue weighted by Crippen LogP contribution is -1.87. The topological polar surface area (TPSA) is 22.4 Å². The van der Waals surface area contributed by atoms with Crippen molar-refractivity contribution >= 4 is 15.9 Å². The fourth-order valence-electron chi connectivity index (χ4n) is 1.77. The van der Waals surface area contributed by atoms with Gasteiger partial charge in [0.15, 0.2) is 0 Å². The minimum Gasteiger partial charge on any atom is -0.468 e. The molecule has 16 heavy (non-hydrogen) atoms. The van der Waals surface area contributed by atoms with Crippen LogP contribution in [0.3, 0.4) is 0 Å². The molecule has 84 valence electrons. The molecule has 0 bridgehead atoms. The smallest absolute Gasteiger partial charge is 0.292 e. The molecular formula is C13H13BrO2. The number of benzene rings is 1. The highest BCUT2D eigenvalue weighted by atomic mass is 79.9. The number of hydrogen-bond donors (Lipinski definition) is 0. The van der Waals surface area contributed by atoms with Gasteiger partial charge < -0.3 is 9.15 Å². The molecule has 0 amide bonds. The van der Waals surface area contributed by atoms with E-state index in [4.69, 9.17) is 9.15 Å². The Morgan fingerprint density at radius 3 is 2.38 bits per heavy atom. The predicted octanol–water partition coefficient (Wildman–Crippen LogP) is 4.33. The van der Waals surface area contributed by atoms with Gasteiger partial charge in [-0.05, 0) is 36.6 Å². The summed E-state index contributed by atoms with van der Waals surface area (Å²) in [5.74, 6) is 0.557. The normalized spacial score (nSPS) is 10.5. The SMILES string of the molecule is COc1occc1-c1cc(C)c(Br)c(C)c1. The van der Waals surface area contributed by atoms with E-state index in [-0.39, 0.29) is 0 Å². The Hall–Kier alpha value is -1.22. The quantitative estimate of drug-likeness (QED) is 0.817. The fraction of sp³-hybridized carbons (Fsp3) is 0.231.